The molecule has 2 aromatic carbocycles. The van der Waals surface area contributed by atoms with E-state index in [2.05, 4.69) is 55.2 Å². The van der Waals surface area contributed by atoms with Crippen molar-refractivity contribution in [3.05, 3.63) is 71.3 Å². The molecule has 0 aliphatic rings. The first kappa shape index (κ1) is 11.6. The van der Waals surface area contributed by atoms with E-state index in [-0.39, 0.29) is 0 Å². The van der Waals surface area contributed by atoms with E-state index in [1.54, 1.807) is 0 Å². The minimum absolute atomic E-state index is 0.751. The predicted octanol–water partition coefficient (Wildman–Crippen LogP) is 4.00. The largest absolute Gasteiger partial charge is 0.285 e. The van der Waals surface area contributed by atoms with Crippen molar-refractivity contribution in [2.24, 2.45) is 4.99 Å². The lowest BCUT2D eigenvalue weighted by Gasteiger charge is -2.02. The first-order valence-corrected chi connectivity index (χ1v) is 5.88. The van der Waals surface area contributed by atoms with Crippen LogP contribution < -0.4 is 0 Å². The molecule has 0 atom stereocenters. The Morgan fingerprint density at radius 3 is 2.47 bits per heavy atom. The summed E-state index contributed by atoms with van der Waals surface area (Å²) in [6.07, 6.45) is 0. The van der Waals surface area contributed by atoms with Gasteiger partial charge in [-0.15, -0.1) is 0 Å². The molecule has 1 nitrogen and oxygen atoms in total. The van der Waals surface area contributed by atoms with Crippen molar-refractivity contribution >= 4 is 5.71 Å². The Balaban J connectivity index is 2.12. The maximum atomic E-state index is 4.62. The van der Waals surface area contributed by atoms with Gasteiger partial charge >= 0.3 is 0 Å². The number of benzene rings is 2. The van der Waals surface area contributed by atoms with Crippen molar-refractivity contribution in [2.75, 3.05) is 0 Å². The van der Waals surface area contributed by atoms with E-state index in [1.807, 2.05) is 18.2 Å². The lowest BCUT2D eigenvalue weighted by atomic mass is 10.1. The number of rotatable bonds is 3. The van der Waals surface area contributed by atoms with Gasteiger partial charge in [0.25, 0.3) is 0 Å². The van der Waals surface area contributed by atoms with Crippen molar-refractivity contribution in [2.45, 2.75) is 20.4 Å². The molecule has 86 valence electrons. The van der Waals surface area contributed by atoms with Gasteiger partial charge in [-0.25, -0.2) is 0 Å². The van der Waals surface area contributed by atoms with Crippen LogP contribution in [0, 0.1) is 6.92 Å². The van der Waals surface area contributed by atoms with Gasteiger partial charge in [0.15, 0.2) is 0 Å². The van der Waals surface area contributed by atoms with Crippen LogP contribution in [0.25, 0.3) is 0 Å². The minimum atomic E-state index is 0.751. The van der Waals surface area contributed by atoms with E-state index >= 15 is 0 Å². The molecule has 0 bridgehead atoms. The highest BCUT2D eigenvalue weighted by molar-refractivity contribution is 5.98. The maximum Gasteiger partial charge on any atom is 0.0643 e. The average molecular weight is 223 g/mol. The molecule has 0 saturated carbocycles. The molecule has 0 radical (unpaired) electrons. The molecular weight excluding hydrogens is 206 g/mol. The summed E-state index contributed by atoms with van der Waals surface area (Å²) < 4.78 is 0. The SMILES string of the molecule is CC(=NCc1ccccc1)c1cccc(C)c1. The Morgan fingerprint density at radius 1 is 1.00 bits per heavy atom. The third-order valence-electron chi connectivity index (χ3n) is 2.78. The van der Waals surface area contributed by atoms with E-state index in [1.165, 1.54) is 16.7 Å². The van der Waals surface area contributed by atoms with Gasteiger partial charge in [-0.05, 0) is 25.0 Å². The van der Waals surface area contributed by atoms with Crippen LogP contribution in [-0.4, -0.2) is 5.71 Å². The Bertz CT molecular complexity index is 512. The van der Waals surface area contributed by atoms with Gasteiger partial charge in [0.05, 0.1) is 6.54 Å². The van der Waals surface area contributed by atoms with Gasteiger partial charge in [-0.3, -0.25) is 4.99 Å². The molecule has 17 heavy (non-hydrogen) atoms. The van der Waals surface area contributed by atoms with Gasteiger partial charge in [0.1, 0.15) is 0 Å². The van der Waals surface area contributed by atoms with Crippen LogP contribution in [0.2, 0.25) is 0 Å². The fourth-order valence-corrected chi connectivity index (χ4v) is 1.75. The molecule has 0 amide bonds. The van der Waals surface area contributed by atoms with Gasteiger partial charge in [0.2, 0.25) is 0 Å². The van der Waals surface area contributed by atoms with Gasteiger partial charge in [-0.2, -0.15) is 0 Å². The summed E-state index contributed by atoms with van der Waals surface area (Å²) >= 11 is 0. The Kier molecular flexibility index (Phi) is 3.71. The molecule has 0 aliphatic heterocycles. The molecule has 0 aromatic heterocycles. The van der Waals surface area contributed by atoms with Gasteiger partial charge < -0.3 is 0 Å². The smallest absolute Gasteiger partial charge is 0.0643 e. The summed E-state index contributed by atoms with van der Waals surface area (Å²) in [6.45, 7) is 4.92. The first-order valence-electron chi connectivity index (χ1n) is 5.88. The number of hydrogen-bond donors (Lipinski definition) is 0. The topological polar surface area (TPSA) is 12.4 Å². The zero-order valence-electron chi connectivity index (χ0n) is 10.4. The van der Waals surface area contributed by atoms with E-state index in [0.717, 1.165) is 12.3 Å². The molecule has 0 saturated heterocycles. The van der Waals surface area contributed by atoms with E-state index < -0.39 is 0 Å². The highest BCUT2D eigenvalue weighted by Crippen LogP contribution is 2.07. The number of hydrogen-bond acceptors (Lipinski definition) is 1. The first-order chi connectivity index (χ1) is 8.25. The minimum Gasteiger partial charge on any atom is -0.285 e. The van der Waals surface area contributed by atoms with Crippen LogP contribution in [0.3, 0.4) is 0 Å². The number of aryl methyl sites for hydroxylation is 1. The van der Waals surface area contributed by atoms with E-state index in [4.69, 9.17) is 0 Å². The zero-order chi connectivity index (χ0) is 12.1. The molecule has 0 heterocycles. The van der Waals surface area contributed by atoms with Crippen molar-refractivity contribution in [1.82, 2.24) is 0 Å². The summed E-state index contributed by atoms with van der Waals surface area (Å²) in [4.78, 5) is 4.62. The number of nitrogens with zero attached hydrogens (tertiary/aromatic N) is 1. The van der Waals surface area contributed by atoms with Crippen molar-refractivity contribution in [3.63, 3.8) is 0 Å². The van der Waals surface area contributed by atoms with Crippen LogP contribution in [0.1, 0.15) is 23.6 Å². The predicted molar refractivity (Wildman–Crippen MR) is 73.5 cm³/mol. The Labute approximate surface area is 103 Å². The summed E-state index contributed by atoms with van der Waals surface area (Å²) in [6, 6.07) is 18.8. The lowest BCUT2D eigenvalue weighted by molar-refractivity contribution is 1.06. The Morgan fingerprint density at radius 2 is 1.76 bits per heavy atom. The molecule has 1 heteroatoms. The highest BCUT2D eigenvalue weighted by Gasteiger charge is 1.97. The molecule has 0 aliphatic carbocycles. The fraction of sp³-hybridized carbons (Fsp3) is 0.188. The average Bonchev–Trinajstić information content (AvgIpc) is 2.37. The summed E-state index contributed by atoms with van der Waals surface area (Å²) in [5, 5.41) is 0. The second-order valence-electron chi connectivity index (χ2n) is 4.26. The highest BCUT2D eigenvalue weighted by atomic mass is 14.7. The summed E-state index contributed by atoms with van der Waals surface area (Å²) in [5.41, 5.74) is 4.83. The van der Waals surface area contributed by atoms with Crippen LogP contribution in [-0.2, 0) is 6.54 Å². The second-order valence-corrected chi connectivity index (χ2v) is 4.26. The van der Waals surface area contributed by atoms with Crippen LogP contribution in [0.5, 0.6) is 0 Å². The number of aliphatic imine (C=N–C) groups is 1. The van der Waals surface area contributed by atoms with Crippen LogP contribution in [0.15, 0.2) is 59.6 Å². The summed E-state index contributed by atoms with van der Waals surface area (Å²) in [7, 11) is 0. The quantitative estimate of drug-likeness (QED) is 0.697. The van der Waals surface area contributed by atoms with Crippen LogP contribution >= 0.6 is 0 Å². The third-order valence-corrected chi connectivity index (χ3v) is 2.78. The van der Waals surface area contributed by atoms with Crippen molar-refractivity contribution < 1.29 is 0 Å². The maximum absolute atomic E-state index is 4.62. The summed E-state index contributed by atoms with van der Waals surface area (Å²) in [5.74, 6) is 0. The molecule has 0 unspecified atom stereocenters. The van der Waals surface area contributed by atoms with Gasteiger partial charge in [0, 0.05) is 5.71 Å². The van der Waals surface area contributed by atoms with E-state index in [0.29, 0.717) is 0 Å². The van der Waals surface area contributed by atoms with Gasteiger partial charge in [-0.1, -0.05) is 60.2 Å². The molecule has 0 fully saturated rings. The molecule has 0 spiro atoms. The van der Waals surface area contributed by atoms with Crippen molar-refractivity contribution in [3.8, 4) is 0 Å². The normalized spacial score (nSPS) is 11.5. The zero-order valence-corrected chi connectivity index (χ0v) is 10.4. The Hall–Kier alpha value is -1.89. The second kappa shape index (κ2) is 5.44. The molecule has 2 rings (SSSR count). The third kappa shape index (κ3) is 3.28. The van der Waals surface area contributed by atoms with Crippen molar-refractivity contribution in [1.29, 1.82) is 0 Å². The lowest BCUT2D eigenvalue weighted by Crippen LogP contribution is -1.96. The molecule has 0 N–H and O–H groups in total. The molecular formula is C16H17N. The molecule has 2 aromatic rings. The monoisotopic (exact) mass is 223 g/mol. The fourth-order valence-electron chi connectivity index (χ4n) is 1.75. The van der Waals surface area contributed by atoms with Crippen LogP contribution in [0.4, 0.5) is 0 Å². The standard InChI is InChI=1S/C16H17N/c1-13-7-6-10-16(11-13)14(2)17-12-15-8-4-3-5-9-15/h3-11H,12H2,1-2H3. The van der Waals surface area contributed by atoms with E-state index in [9.17, 15) is 0 Å².